The normalized spacial score (nSPS) is 14.1. The molecule has 1 heterocycles. The molecule has 0 aromatic carbocycles. The number of amides is 2. The maximum absolute atomic E-state index is 11.3. The van der Waals surface area contributed by atoms with Gasteiger partial charge < -0.3 is 9.84 Å². The third-order valence-corrected chi connectivity index (χ3v) is 2.87. The molecule has 0 aromatic rings. The van der Waals surface area contributed by atoms with Gasteiger partial charge in [0, 0.05) is 25.3 Å². The highest BCUT2D eigenvalue weighted by molar-refractivity contribution is 6.12. The molecule has 0 radical (unpaired) electrons. The van der Waals surface area contributed by atoms with Crippen LogP contribution in [0.1, 0.15) is 25.7 Å². The van der Waals surface area contributed by atoms with Crippen LogP contribution in [0.5, 0.6) is 0 Å². The first kappa shape index (κ1) is 16.1. The third kappa shape index (κ3) is 5.79. The van der Waals surface area contributed by atoms with Crippen molar-refractivity contribution in [3.05, 3.63) is 24.3 Å². The molecule has 0 atom stereocenters. The molecule has 0 bridgehead atoms. The lowest BCUT2D eigenvalue weighted by Gasteiger charge is -2.14. The van der Waals surface area contributed by atoms with Gasteiger partial charge in [0.1, 0.15) is 0 Å². The molecule has 110 valence electrons. The number of rotatable bonds is 10. The number of carboxylic acid groups (broad SMARTS) is 1. The topological polar surface area (TPSA) is 83.9 Å². The zero-order valence-corrected chi connectivity index (χ0v) is 11.3. The number of nitrogens with zero attached hydrogens (tertiary/aromatic N) is 1. The Morgan fingerprint density at radius 1 is 1.15 bits per heavy atom. The van der Waals surface area contributed by atoms with E-state index in [4.69, 9.17) is 9.84 Å². The Bertz CT molecular complexity index is 409. The highest BCUT2D eigenvalue weighted by Gasteiger charge is 2.22. The fraction of sp³-hybridized carbons (Fsp3) is 0.500. The summed E-state index contributed by atoms with van der Waals surface area (Å²) in [4.78, 5) is 34.0. The number of ether oxygens (including phenoxy) is 1. The molecule has 2 amide bonds. The van der Waals surface area contributed by atoms with Crippen LogP contribution in [0.2, 0.25) is 0 Å². The molecule has 1 N–H and O–H groups in total. The van der Waals surface area contributed by atoms with Crippen LogP contribution in [0.15, 0.2) is 24.3 Å². The Kier molecular flexibility index (Phi) is 6.66. The molecule has 0 spiro atoms. The fourth-order valence-electron chi connectivity index (χ4n) is 1.73. The lowest BCUT2D eigenvalue weighted by molar-refractivity contribution is -0.139. The van der Waals surface area contributed by atoms with Gasteiger partial charge in [-0.25, -0.2) is 0 Å². The summed E-state index contributed by atoms with van der Waals surface area (Å²) in [7, 11) is 0. The van der Waals surface area contributed by atoms with E-state index in [0.29, 0.717) is 19.6 Å². The summed E-state index contributed by atoms with van der Waals surface area (Å²) in [6.07, 6.45) is 4.60. The highest BCUT2D eigenvalue weighted by Crippen LogP contribution is 2.11. The molecule has 0 aliphatic carbocycles. The zero-order chi connectivity index (χ0) is 15.0. The summed E-state index contributed by atoms with van der Waals surface area (Å²) >= 11 is 0. The van der Waals surface area contributed by atoms with E-state index < -0.39 is 5.97 Å². The van der Waals surface area contributed by atoms with Crippen molar-refractivity contribution in [2.75, 3.05) is 19.8 Å². The van der Waals surface area contributed by atoms with Crippen LogP contribution in [-0.2, 0) is 19.1 Å². The second-order valence-electron chi connectivity index (χ2n) is 4.52. The summed E-state index contributed by atoms with van der Waals surface area (Å²) in [5.41, 5.74) is 0.944. The van der Waals surface area contributed by atoms with Gasteiger partial charge in [-0.2, -0.15) is 0 Å². The standard InChI is InChI=1S/C14H19NO5/c1-11(3-2-9-20-10-7-14(18)19)6-8-15-12(16)4-5-13(15)17/h4-5H,1-3,6-10H2,(H,18,19). The number of imide groups is 1. The molecule has 0 fully saturated rings. The van der Waals surface area contributed by atoms with Crippen LogP contribution in [0.3, 0.4) is 0 Å². The maximum atomic E-state index is 11.3. The van der Waals surface area contributed by atoms with Crippen molar-refractivity contribution in [3.8, 4) is 0 Å². The fourth-order valence-corrected chi connectivity index (χ4v) is 1.73. The first-order chi connectivity index (χ1) is 9.50. The largest absolute Gasteiger partial charge is 0.481 e. The second-order valence-corrected chi connectivity index (χ2v) is 4.52. The molecule has 0 aromatic heterocycles. The Labute approximate surface area is 117 Å². The van der Waals surface area contributed by atoms with Gasteiger partial charge in [-0.3, -0.25) is 19.3 Å². The van der Waals surface area contributed by atoms with E-state index in [0.717, 1.165) is 18.4 Å². The van der Waals surface area contributed by atoms with Gasteiger partial charge in [0.2, 0.25) is 0 Å². The van der Waals surface area contributed by atoms with Crippen LogP contribution in [0.25, 0.3) is 0 Å². The van der Waals surface area contributed by atoms with E-state index in [1.54, 1.807) is 0 Å². The van der Waals surface area contributed by atoms with E-state index in [-0.39, 0.29) is 24.8 Å². The Morgan fingerprint density at radius 2 is 1.80 bits per heavy atom. The van der Waals surface area contributed by atoms with Gasteiger partial charge in [-0.05, 0) is 19.3 Å². The molecule has 1 rings (SSSR count). The molecule has 6 nitrogen and oxygen atoms in total. The Balaban J connectivity index is 2.05. The number of hydrogen-bond donors (Lipinski definition) is 1. The Morgan fingerprint density at radius 3 is 2.40 bits per heavy atom. The van der Waals surface area contributed by atoms with Gasteiger partial charge in [-0.1, -0.05) is 12.2 Å². The van der Waals surface area contributed by atoms with E-state index in [1.807, 2.05) is 0 Å². The minimum absolute atomic E-state index is 0.00707. The van der Waals surface area contributed by atoms with Crippen LogP contribution in [0.4, 0.5) is 0 Å². The van der Waals surface area contributed by atoms with E-state index in [9.17, 15) is 14.4 Å². The van der Waals surface area contributed by atoms with Crippen molar-refractivity contribution in [2.45, 2.75) is 25.7 Å². The van der Waals surface area contributed by atoms with Crippen LogP contribution in [-0.4, -0.2) is 47.5 Å². The third-order valence-electron chi connectivity index (χ3n) is 2.87. The van der Waals surface area contributed by atoms with Gasteiger partial charge in [0.15, 0.2) is 0 Å². The number of aliphatic carboxylic acids is 1. The minimum atomic E-state index is -0.872. The smallest absolute Gasteiger partial charge is 0.305 e. The monoisotopic (exact) mass is 281 g/mol. The number of carbonyl (C=O) groups is 3. The van der Waals surface area contributed by atoms with Gasteiger partial charge in [0.25, 0.3) is 11.8 Å². The minimum Gasteiger partial charge on any atom is -0.481 e. The highest BCUT2D eigenvalue weighted by atomic mass is 16.5. The summed E-state index contributed by atoms with van der Waals surface area (Å²) in [6, 6.07) is 0. The van der Waals surface area contributed by atoms with Crippen molar-refractivity contribution in [2.24, 2.45) is 0 Å². The van der Waals surface area contributed by atoms with Gasteiger partial charge in [0.05, 0.1) is 13.0 Å². The number of carboxylic acids is 1. The quantitative estimate of drug-likeness (QED) is 0.368. The molecular formula is C14H19NO5. The summed E-state index contributed by atoms with van der Waals surface area (Å²) < 4.78 is 5.16. The van der Waals surface area contributed by atoms with Crippen LogP contribution >= 0.6 is 0 Å². The predicted molar refractivity (Wildman–Crippen MR) is 71.9 cm³/mol. The second kappa shape index (κ2) is 8.27. The van der Waals surface area contributed by atoms with E-state index >= 15 is 0 Å². The number of hydrogen-bond acceptors (Lipinski definition) is 4. The lowest BCUT2D eigenvalue weighted by atomic mass is 10.1. The molecule has 1 aliphatic heterocycles. The Hall–Kier alpha value is -1.95. The molecule has 20 heavy (non-hydrogen) atoms. The molecule has 6 heteroatoms. The average molecular weight is 281 g/mol. The zero-order valence-electron chi connectivity index (χ0n) is 11.3. The molecule has 0 saturated heterocycles. The summed E-state index contributed by atoms with van der Waals surface area (Å²) in [5, 5.41) is 8.42. The molecule has 0 unspecified atom stereocenters. The van der Waals surface area contributed by atoms with Crippen molar-refractivity contribution in [3.63, 3.8) is 0 Å². The first-order valence-electron chi connectivity index (χ1n) is 6.50. The van der Waals surface area contributed by atoms with Crippen molar-refractivity contribution < 1.29 is 24.2 Å². The van der Waals surface area contributed by atoms with Crippen molar-refractivity contribution in [1.29, 1.82) is 0 Å². The molecular weight excluding hydrogens is 262 g/mol. The maximum Gasteiger partial charge on any atom is 0.305 e. The molecule has 0 saturated carbocycles. The van der Waals surface area contributed by atoms with Crippen LogP contribution in [0, 0.1) is 0 Å². The van der Waals surface area contributed by atoms with Crippen molar-refractivity contribution in [1.82, 2.24) is 4.90 Å². The van der Waals surface area contributed by atoms with E-state index in [1.165, 1.54) is 17.1 Å². The van der Waals surface area contributed by atoms with Crippen LogP contribution < -0.4 is 0 Å². The lowest BCUT2D eigenvalue weighted by Crippen LogP contribution is -2.31. The number of carbonyl (C=O) groups excluding carboxylic acids is 2. The molecule has 1 aliphatic rings. The first-order valence-corrected chi connectivity index (χ1v) is 6.50. The van der Waals surface area contributed by atoms with E-state index in [2.05, 4.69) is 6.58 Å². The SMILES string of the molecule is C=C(CCCOCCC(=O)O)CCN1C(=O)C=CC1=O. The van der Waals surface area contributed by atoms with Gasteiger partial charge in [-0.15, -0.1) is 0 Å². The predicted octanol–water partition coefficient (Wildman–Crippen LogP) is 1.13. The van der Waals surface area contributed by atoms with Crippen molar-refractivity contribution >= 4 is 17.8 Å². The van der Waals surface area contributed by atoms with Gasteiger partial charge >= 0.3 is 5.97 Å². The average Bonchev–Trinajstić information content (AvgIpc) is 2.70. The summed E-state index contributed by atoms with van der Waals surface area (Å²) in [6.45, 7) is 4.94. The summed E-state index contributed by atoms with van der Waals surface area (Å²) in [5.74, 6) is -1.43.